The Labute approximate surface area is 150 Å². The summed E-state index contributed by atoms with van der Waals surface area (Å²) < 4.78 is 32.3. The fourth-order valence-electron chi connectivity index (χ4n) is 1.62. The Morgan fingerprint density at radius 1 is 1.40 bits per heavy atom. The number of anilines is 2. The van der Waals surface area contributed by atoms with E-state index in [4.69, 9.17) is 4.74 Å². The van der Waals surface area contributed by atoms with E-state index < -0.39 is 10.0 Å². The summed E-state index contributed by atoms with van der Waals surface area (Å²) in [5.74, 6) is -0.0113. The molecular weight excluding hydrogens is 364 g/mol. The van der Waals surface area contributed by atoms with Crippen LogP contribution in [0, 0.1) is 5.92 Å². The highest BCUT2D eigenvalue weighted by Crippen LogP contribution is 2.24. The van der Waals surface area contributed by atoms with Gasteiger partial charge in [0.15, 0.2) is 0 Å². The number of benzene rings is 1. The molecule has 10 heteroatoms. The number of sulfonamides is 1. The molecule has 0 radical (unpaired) electrons. The molecule has 0 aliphatic carbocycles. The minimum Gasteiger partial charge on any atom is -0.489 e. The molecule has 0 saturated carbocycles. The molecule has 134 valence electrons. The highest BCUT2D eigenvalue weighted by Gasteiger charge is 2.21. The lowest BCUT2D eigenvalue weighted by Crippen LogP contribution is -2.17. The molecule has 0 fully saturated rings. The topological polar surface area (TPSA) is 110 Å². The largest absolute Gasteiger partial charge is 0.489 e. The first kappa shape index (κ1) is 18.9. The quantitative estimate of drug-likeness (QED) is 0.536. The molecule has 0 unspecified atom stereocenters. The van der Waals surface area contributed by atoms with E-state index in [1.54, 1.807) is 44.2 Å². The van der Waals surface area contributed by atoms with Crippen LogP contribution in [0.3, 0.4) is 0 Å². The first-order chi connectivity index (χ1) is 11.8. The van der Waals surface area contributed by atoms with Gasteiger partial charge in [0.1, 0.15) is 12.4 Å². The van der Waals surface area contributed by atoms with E-state index in [0.29, 0.717) is 18.0 Å². The van der Waals surface area contributed by atoms with Crippen LogP contribution in [0.15, 0.2) is 41.3 Å². The first-order valence-electron chi connectivity index (χ1n) is 7.33. The molecule has 0 saturated heterocycles. The number of hydrogen-bond acceptors (Lipinski definition) is 7. The molecule has 0 spiro atoms. The summed E-state index contributed by atoms with van der Waals surface area (Å²) in [5, 5.41) is 9.95. The van der Waals surface area contributed by atoms with Crippen molar-refractivity contribution in [2.45, 2.75) is 18.2 Å². The number of ether oxygens (including phenoxy) is 1. The summed E-state index contributed by atoms with van der Waals surface area (Å²) in [6.45, 7) is 7.30. The molecule has 1 heterocycles. The second-order valence-corrected chi connectivity index (χ2v) is 8.08. The lowest BCUT2D eigenvalue weighted by molar-refractivity contribution is -0.118. The van der Waals surface area contributed by atoms with Gasteiger partial charge in [-0.1, -0.05) is 43.9 Å². The lowest BCUT2D eigenvalue weighted by atomic mass is 10.2. The lowest BCUT2D eigenvalue weighted by Gasteiger charge is -2.08. The van der Waals surface area contributed by atoms with E-state index in [1.807, 2.05) is 0 Å². The van der Waals surface area contributed by atoms with Crippen molar-refractivity contribution >= 4 is 38.1 Å². The molecule has 2 rings (SSSR count). The van der Waals surface area contributed by atoms with Crippen molar-refractivity contribution in [2.24, 2.45) is 5.92 Å². The van der Waals surface area contributed by atoms with E-state index in [-0.39, 0.29) is 21.3 Å². The van der Waals surface area contributed by atoms with Gasteiger partial charge in [-0.3, -0.25) is 9.52 Å². The Hall–Kier alpha value is -2.46. The molecule has 1 aromatic heterocycles. The first-order valence-corrected chi connectivity index (χ1v) is 9.62. The van der Waals surface area contributed by atoms with Gasteiger partial charge in [0.2, 0.25) is 11.0 Å². The van der Waals surface area contributed by atoms with Crippen LogP contribution in [-0.4, -0.2) is 31.1 Å². The average Bonchev–Trinajstić information content (AvgIpc) is 3.02. The summed E-state index contributed by atoms with van der Waals surface area (Å²) >= 11 is 0.774. The third kappa shape index (κ3) is 5.26. The highest BCUT2D eigenvalue weighted by atomic mass is 32.2. The molecule has 0 bridgehead atoms. The number of nitrogens with one attached hydrogen (secondary N) is 2. The van der Waals surface area contributed by atoms with Crippen LogP contribution in [-0.2, 0) is 14.8 Å². The van der Waals surface area contributed by atoms with Gasteiger partial charge in [0.25, 0.3) is 14.4 Å². The van der Waals surface area contributed by atoms with Crippen LogP contribution in [0.4, 0.5) is 10.8 Å². The summed E-state index contributed by atoms with van der Waals surface area (Å²) in [7, 11) is -3.92. The molecule has 0 aliphatic rings. The standard InChI is InChI=1S/C15H18N4O4S2/c1-4-8-23-12-7-5-6-11(9-12)19-25(21,22)15-18-17-14(24-15)16-13(20)10(2)3/h4-7,9-10,19H,1,8H2,2-3H3,(H,16,17,20). The van der Waals surface area contributed by atoms with E-state index in [0.717, 1.165) is 11.3 Å². The van der Waals surface area contributed by atoms with E-state index in [9.17, 15) is 13.2 Å². The summed E-state index contributed by atoms with van der Waals surface area (Å²) in [5.41, 5.74) is 0.324. The van der Waals surface area contributed by atoms with Crippen molar-refractivity contribution < 1.29 is 17.9 Å². The zero-order chi connectivity index (χ0) is 18.4. The molecule has 0 aliphatic heterocycles. The second kappa shape index (κ2) is 8.08. The molecule has 0 atom stereocenters. The van der Waals surface area contributed by atoms with Crippen LogP contribution < -0.4 is 14.8 Å². The van der Waals surface area contributed by atoms with E-state index >= 15 is 0 Å². The number of carbonyl (C=O) groups is 1. The Balaban J connectivity index is 2.13. The van der Waals surface area contributed by atoms with Crippen LogP contribution in [0.25, 0.3) is 0 Å². The van der Waals surface area contributed by atoms with Crippen LogP contribution in [0.2, 0.25) is 0 Å². The maximum Gasteiger partial charge on any atom is 0.291 e. The van der Waals surface area contributed by atoms with Gasteiger partial charge in [-0.15, -0.1) is 10.2 Å². The van der Waals surface area contributed by atoms with Crippen molar-refractivity contribution in [3.8, 4) is 5.75 Å². The van der Waals surface area contributed by atoms with Gasteiger partial charge < -0.3 is 10.1 Å². The smallest absolute Gasteiger partial charge is 0.291 e. The Bertz CT molecular complexity index is 862. The Morgan fingerprint density at radius 3 is 2.84 bits per heavy atom. The fraction of sp³-hybridized carbons (Fsp3) is 0.267. The maximum absolute atomic E-state index is 12.4. The third-order valence-electron chi connectivity index (χ3n) is 2.84. The zero-order valence-electron chi connectivity index (χ0n) is 13.7. The van der Waals surface area contributed by atoms with Crippen LogP contribution in [0.1, 0.15) is 13.8 Å². The zero-order valence-corrected chi connectivity index (χ0v) is 15.4. The fourth-order valence-corrected chi connectivity index (χ4v) is 3.58. The molecule has 1 aromatic carbocycles. The van der Waals surface area contributed by atoms with E-state index in [2.05, 4.69) is 26.8 Å². The number of amides is 1. The van der Waals surface area contributed by atoms with Crippen molar-refractivity contribution in [1.29, 1.82) is 0 Å². The molecular formula is C15H18N4O4S2. The molecule has 1 amide bonds. The predicted octanol–water partition coefficient (Wildman–Crippen LogP) is 2.50. The molecule has 2 N–H and O–H groups in total. The minimum atomic E-state index is -3.92. The summed E-state index contributed by atoms with van der Waals surface area (Å²) in [4.78, 5) is 11.6. The maximum atomic E-state index is 12.4. The van der Waals surface area contributed by atoms with Gasteiger partial charge in [-0.05, 0) is 12.1 Å². The van der Waals surface area contributed by atoms with Crippen molar-refractivity contribution in [2.75, 3.05) is 16.6 Å². The Kier molecular flexibility index (Phi) is 6.10. The number of nitrogens with zero attached hydrogens (tertiary/aromatic N) is 2. The van der Waals surface area contributed by atoms with Crippen LogP contribution >= 0.6 is 11.3 Å². The predicted molar refractivity (Wildman–Crippen MR) is 96.3 cm³/mol. The molecule has 2 aromatic rings. The van der Waals surface area contributed by atoms with E-state index in [1.165, 1.54) is 0 Å². The number of carbonyl (C=O) groups excluding carboxylic acids is 1. The number of aromatic nitrogens is 2. The Morgan fingerprint density at radius 2 is 2.16 bits per heavy atom. The molecule has 25 heavy (non-hydrogen) atoms. The average molecular weight is 382 g/mol. The van der Waals surface area contributed by atoms with Gasteiger partial charge in [-0.25, -0.2) is 0 Å². The van der Waals surface area contributed by atoms with Crippen molar-refractivity contribution in [3.05, 3.63) is 36.9 Å². The van der Waals surface area contributed by atoms with Gasteiger partial charge >= 0.3 is 0 Å². The SMILES string of the molecule is C=CCOc1cccc(NS(=O)(=O)c2nnc(NC(=O)C(C)C)s2)c1. The second-order valence-electron chi connectivity index (χ2n) is 5.25. The summed E-state index contributed by atoms with van der Waals surface area (Å²) in [6, 6.07) is 6.49. The van der Waals surface area contributed by atoms with Crippen molar-refractivity contribution in [3.63, 3.8) is 0 Å². The number of rotatable bonds is 8. The van der Waals surface area contributed by atoms with Gasteiger partial charge in [0.05, 0.1) is 5.69 Å². The minimum absolute atomic E-state index is 0.127. The van der Waals surface area contributed by atoms with Crippen LogP contribution in [0.5, 0.6) is 5.75 Å². The van der Waals surface area contributed by atoms with Gasteiger partial charge in [0, 0.05) is 12.0 Å². The number of hydrogen-bond donors (Lipinski definition) is 2. The normalized spacial score (nSPS) is 11.2. The monoisotopic (exact) mass is 382 g/mol. The van der Waals surface area contributed by atoms with Gasteiger partial charge in [-0.2, -0.15) is 8.42 Å². The summed E-state index contributed by atoms with van der Waals surface area (Å²) in [6.07, 6.45) is 1.59. The molecule has 8 nitrogen and oxygen atoms in total. The third-order valence-corrected chi connectivity index (χ3v) is 5.43. The van der Waals surface area contributed by atoms with Crippen molar-refractivity contribution in [1.82, 2.24) is 10.2 Å². The highest BCUT2D eigenvalue weighted by molar-refractivity contribution is 7.94.